The van der Waals surface area contributed by atoms with Crippen LogP contribution < -0.4 is 5.73 Å². The molecule has 3 N–H and O–H groups in total. The van der Waals surface area contributed by atoms with E-state index in [4.69, 9.17) is 5.73 Å². The molecule has 2 unspecified atom stereocenters. The van der Waals surface area contributed by atoms with Gasteiger partial charge in [0.1, 0.15) is 0 Å². The molecule has 0 radical (unpaired) electrons. The first-order chi connectivity index (χ1) is 10.00. The molecule has 0 spiro atoms. The highest BCUT2D eigenvalue weighted by atomic mass is 16.3. The van der Waals surface area contributed by atoms with E-state index in [-0.39, 0.29) is 5.41 Å². The third kappa shape index (κ3) is 2.43. The molecular weight excluding hydrogens is 258 g/mol. The molecule has 0 heterocycles. The zero-order valence-corrected chi connectivity index (χ0v) is 13.4. The first-order valence-corrected chi connectivity index (χ1v) is 8.49. The minimum Gasteiger partial charge on any atom is -0.389 e. The number of hydrogen-bond donors (Lipinski definition) is 2. The van der Waals surface area contributed by atoms with Gasteiger partial charge in [-0.25, -0.2) is 0 Å². The second-order valence-electron chi connectivity index (χ2n) is 7.74. The van der Waals surface area contributed by atoms with Gasteiger partial charge in [-0.3, -0.25) is 0 Å². The summed E-state index contributed by atoms with van der Waals surface area (Å²) in [6.45, 7) is 5.16. The molecule has 21 heavy (non-hydrogen) atoms. The van der Waals surface area contributed by atoms with Crippen LogP contribution in [0.1, 0.15) is 50.7 Å². The Morgan fingerprint density at radius 2 is 1.86 bits per heavy atom. The second-order valence-corrected chi connectivity index (χ2v) is 7.74. The normalized spacial score (nSPS) is 31.4. The molecule has 2 atom stereocenters. The van der Waals surface area contributed by atoms with E-state index in [1.165, 1.54) is 17.5 Å². The van der Waals surface area contributed by atoms with Crippen LogP contribution in [0.3, 0.4) is 0 Å². The molecular formula is C19H29NO. The molecule has 2 heteroatoms. The van der Waals surface area contributed by atoms with E-state index in [2.05, 4.69) is 38.1 Å². The number of aliphatic hydroxyl groups is 1. The maximum atomic E-state index is 11.5. The monoisotopic (exact) mass is 287 g/mol. The van der Waals surface area contributed by atoms with Crippen molar-refractivity contribution in [1.29, 1.82) is 0 Å². The average molecular weight is 287 g/mol. The molecule has 0 amide bonds. The maximum absolute atomic E-state index is 11.5. The summed E-state index contributed by atoms with van der Waals surface area (Å²) in [5.74, 6) is 1.28. The summed E-state index contributed by atoms with van der Waals surface area (Å²) in [6, 6.07) is 8.62. The minimum absolute atomic E-state index is 0.149. The molecule has 1 aromatic carbocycles. The van der Waals surface area contributed by atoms with Gasteiger partial charge in [0.05, 0.1) is 5.60 Å². The van der Waals surface area contributed by atoms with Crippen LogP contribution in [0.25, 0.3) is 0 Å². The Hall–Kier alpha value is -0.860. The van der Waals surface area contributed by atoms with Gasteiger partial charge in [-0.15, -0.1) is 0 Å². The van der Waals surface area contributed by atoms with Gasteiger partial charge in [0.15, 0.2) is 0 Å². The number of nitrogens with two attached hydrogens (primary N) is 1. The van der Waals surface area contributed by atoms with E-state index in [1.807, 2.05) is 0 Å². The Morgan fingerprint density at radius 3 is 2.38 bits per heavy atom. The van der Waals surface area contributed by atoms with Crippen LogP contribution in [0.15, 0.2) is 24.3 Å². The number of fused-ring (bicyclic) bond motifs is 1. The molecule has 3 rings (SSSR count). The molecule has 1 aromatic rings. The largest absolute Gasteiger partial charge is 0.389 e. The predicted octanol–water partition coefficient (Wildman–Crippen LogP) is 3.31. The first-order valence-electron chi connectivity index (χ1n) is 8.49. The number of hydrogen-bond acceptors (Lipinski definition) is 2. The van der Waals surface area contributed by atoms with Crippen molar-refractivity contribution in [1.82, 2.24) is 0 Å². The van der Waals surface area contributed by atoms with Crippen molar-refractivity contribution in [3.05, 3.63) is 35.4 Å². The summed E-state index contributed by atoms with van der Waals surface area (Å²) in [4.78, 5) is 0. The van der Waals surface area contributed by atoms with Crippen molar-refractivity contribution in [2.75, 3.05) is 6.54 Å². The van der Waals surface area contributed by atoms with Crippen molar-refractivity contribution in [3.63, 3.8) is 0 Å². The van der Waals surface area contributed by atoms with Gasteiger partial charge in [0, 0.05) is 12.0 Å². The summed E-state index contributed by atoms with van der Waals surface area (Å²) in [5.41, 5.74) is 8.27. The zero-order valence-electron chi connectivity index (χ0n) is 13.4. The molecule has 1 fully saturated rings. The van der Waals surface area contributed by atoms with Crippen LogP contribution >= 0.6 is 0 Å². The summed E-state index contributed by atoms with van der Waals surface area (Å²) in [5, 5.41) is 11.5. The Morgan fingerprint density at radius 1 is 1.24 bits per heavy atom. The van der Waals surface area contributed by atoms with Gasteiger partial charge < -0.3 is 10.8 Å². The molecule has 1 saturated carbocycles. The molecule has 0 bridgehead atoms. The van der Waals surface area contributed by atoms with Gasteiger partial charge in [-0.2, -0.15) is 0 Å². The summed E-state index contributed by atoms with van der Waals surface area (Å²) < 4.78 is 0. The molecule has 2 aliphatic carbocycles. The summed E-state index contributed by atoms with van der Waals surface area (Å²) >= 11 is 0. The Labute approximate surface area is 128 Å². The maximum Gasteiger partial charge on any atom is 0.0724 e. The van der Waals surface area contributed by atoms with E-state index in [9.17, 15) is 5.11 Å². The lowest BCUT2D eigenvalue weighted by Gasteiger charge is -2.50. The van der Waals surface area contributed by atoms with Gasteiger partial charge in [0.25, 0.3) is 0 Å². The van der Waals surface area contributed by atoms with Crippen molar-refractivity contribution in [2.24, 2.45) is 23.0 Å². The SMILES string of the molecule is CC(C)C1CCCC(O)(C2(CN)Cc3ccccc3C2)C1. The second kappa shape index (κ2) is 5.40. The Balaban J connectivity index is 1.90. The number of benzene rings is 1. The van der Waals surface area contributed by atoms with E-state index in [0.717, 1.165) is 32.1 Å². The average Bonchev–Trinajstić information content (AvgIpc) is 2.87. The van der Waals surface area contributed by atoms with E-state index in [0.29, 0.717) is 18.4 Å². The topological polar surface area (TPSA) is 46.2 Å². The fourth-order valence-electron chi connectivity index (χ4n) is 4.70. The minimum atomic E-state index is -0.589. The predicted molar refractivity (Wildman–Crippen MR) is 87.1 cm³/mol. The molecule has 0 aliphatic heterocycles. The first kappa shape index (κ1) is 15.1. The third-order valence-corrected chi connectivity index (χ3v) is 6.26. The van der Waals surface area contributed by atoms with Crippen LogP contribution in [-0.2, 0) is 12.8 Å². The van der Waals surface area contributed by atoms with Crippen molar-refractivity contribution >= 4 is 0 Å². The van der Waals surface area contributed by atoms with Gasteiger partial charge in [0.2, 0.25) is 0 Å². The molecule has 116 valence electrons. The molecule has 0 saturated heterocycles. The molecule has 2 nitrogen and oxygen atoms in total. The summed E-state index contributed by atoms with van der Waals surface area (Å²) in [7, 11) is 0. The lowest BCUT2D eigenvalue weighted by molar-refractivity contribution is -0.119. The van der Waals surface area contributed by atoms with E-state index < -0.39 is 5.60 Å². The standard InChI is InChI=1S/C19H29NO/c1-14(2)15-8-5-9-19(21,12-15)18(13-20)10-16-6-3-4-7-17(16)11-18/h3-4,6-7,14-15,21H,5,8-13,20H2,1-2H3. The quantitative estimate of drug-likeness (QED) is 0.896. The van der Waals surface area contributed by atoms with E-state index in [1.54, 1.807) is 0 Å². The van der Waals surface area contributed by atoms with Crippen LogP contribution in [-0.4, -0.2) is 17.3 Å². The van der Waals surface area contributed by atoms with Crippen LogP contribution in [0.4, 0.5) is 0 Å². The molecule has 0 aromatic heterocycles. The van der Waals surface area contributed by atoms with E-state index >= 15 is 0 Å². The fourth-order valence-corrected chi connectivity index (χ4v) is 4.70. The van der Waals surface area contributed by atoms with Gasteiger partial charge >= 0.3 is 0 Å². The van der Waals surface area contributed by atoms with Crippen LogP contribution in [0.5, 0.6) is 0 Å². The highest BCUT2D eigenvalue weighted by molar-refractivity contribution is 5.36. The highest BCUT2D eigenvalue weighted by Gasteiger charge is 2.53. The Kier molecular flexibility index (Phi) is 3.87. The Bertz CT molecular complexity index is 485. The highest BCUT2D eigenvalue weighted by Crippen LogP contribution is 2.52. The third-order valence-electron chi connectivity index (χ3n) is 6.26. The summed E-state index contributed by atoms with van der Waals surface area (Å²) in [6.07, 6.45) is 6.13. The van der Waals surface area contributed by atoms with Crippen molar-refractivity contribution in [2.45, 2.75) is 58.0 Å². The van der Waals surface area contributed by atoms with Crippen molar-refractivity contribution in [3.8, 4) is 0 Å². The smallest absolute Gasteiger partial charge is 0.0724 e. The van der Waals surface area contributed by atoms with Gasteiger partial charge in [-0.1, -0.05) is 44.5 Å². The lowest BCUT2D eigenvalue weighted by Crippen LogP contribution is -2.56. The van der Waals surface area contributed by atoms with Crippen LogP contribution in [0.2, 0.25) is 0 Å². The van der Waals surface area contributed by atoms with Crippen LogP contribution in [0, 0.1) is 17.3 Å². The van der Waals surface area contributed by atoms with Gasteiger partial charge in [-0.05, 0) is 55.1 Å². The fraction of sp³-hybridized carbons (Fsp3) is 0.684. The number of rotatable bonds is 3. The lowest BCUT2D eigenvalue weighted by atomic mass is 9.60. The molecule has 2 aliphatic rings. The van der Waals surface area contributed by atoms with Crippen molar-refractivity contribution < 1.29 is 5.11 Å². The zero-order chi connectivity index (χ0) is 15.1.